The molecule has 1 amide bonds. The molecular formula is C16H24N2O3S. The number of likely N-dealkylation sites (N-methyl/N-ethyl adjacent to an activating group) is 1. The lowest BCUT2D eigenvalue weighted by Crippen LogP contribution is -2.53. The molecule has 1 heterocycles. The smallest absolute Gasteiger partial charge is 0.230 e. The van der Waals surface area contributed by atoms with E-state index in [0.717, 1.165) is 5.56 Å². The second-order valence-electron chi connectivity index (χ2n) is 5.61. The molecule has 0 saturated carbocycles. The Morgan fingerprint density at radius 2 is 1.77 bits per heavy atom. The lowest BCUT2D eigenvalue weighted by atomic mass is 9.72. The predicted molar refractivity (Wildman–Crippen MR) is 87.1 cm³/mol. The first-order chi connectivity index (χ1) is 10.5. The summed E-state index contributed by atoms with van der Waals surface area (Å²) in [6.45, 7) is 4.90. The number of carbonyl (C=O) groups excluding carboxylic acids is 1. The Balaban J connectivity index is 2.29. The maximum Gasteiger partial charge on any atom is 0.230 e. The summed E-state index contributed by atoms with van der Waals surface area (Å²) in [6.07, 6.45) is 1.03. The van der Waals surface area contributed by atoms with Crippen LogP contribution in [0.1, 0.15) is 32.3 Å². The molecule has 1 N–H and O–H groups in total. The van der Waals surface area contributed by atoms with Crippen molar-refractivity contribution in [2.45, 2.75) is 32.1 Å². The van der Waals surface area contributed by atoms with Crippen LogP contribution in [-0.2, 0) is 20.2 Å². The molecule has 1 aromatic rings. The van der Waals surface area contributed by atoms with Crippen LogP contribution >= 0.6 is 0 Å². The molecular weight excluding hydrogens is 300 g/mol. The fourth-order valence-corrected chi connectivity index (χ4v) is 4.17. The Morgan fingerprint density at radius 1 is 1.18 bits per heavy atom. The molecule has 0 spiro atoms. The average Bonchev–Trinajstić information content (AvgIpc) is 2.56. The molecule has 2 rings (SSSR count). The van der Waals surface area contributed by atoms with Gasteiger partial charge in [-0.2, -0.15) is 0 Å². The maximum absolute atomic E-state index is 12.7. The van der Waals surface area contributed by atoms with Gasteiger partial charge in [-0.05, 0) is 32.3 Å². The molecule has 0 aliphatic carbocycles. The summed E-state index contributed by atoms with van der Waals surface area (Å²) >= 11 is 0. The highest BCUT2D eigenvalue weighted by Gasteiger charge is 2.44. The van der Waals surface area contributed by atoms with Crippen LogP contribution < -0.4 is 5.32 Å². The van der Waals surface area contributed by atoms with Crippen molar-refractivity contribution in [1.82, 2.24) is 9.62 Å². The van der Waals surface area contributed by atoms with Gasteiger partial charge in [-0.25, -0.2) is 12.7 Å². The van der Waals surface area contributed by atoms with Gasteiger partial charge >= 0.3 is 0 Å². The highest BCUT2D eigenvalue weighted by molar-refractivity contribution is 7.89. The van der Waals surface area contributed by atoms with Crippen molar-refractivity contribution in [2.24, 2.45) is 0 Å². The van der Waals surface area contributed by atoms with E-state index in [1.165, 1.54) is 4.31 Å². The fraction of sp³-hybridized carbons (Fsp3) is 0.562. The minimum atomic E-state index is -3.19. The minimum absolute atomic E-state index is 0.00486. The van der Waals surface area contributed by atoms with Gasteiger partial charge < -0.3 is 5.32 Å². The van der Waals surface area contributed by atoms with Gasteiger partial charge in [0.1, 0.15) is 0 Å². The highest BCUT2D eigenvalue weighted by Crippen LogP contribution is 2.36. The second-order valence-corrected chi connectivity index (χ2v) is 7.86. The van der Waals surface area contributed by atoms with Crippen LogP contribution in [0.15, 0.2) is 30.3 Å². The van der Waals surface area contributed by atoms with Crippen LogP contribution in [0, 0.1) is 0 Å². The molecule has 1 aliphatic rings. The van der Waals surface area contributed by atoms with Gasteiger partial charge in [-0.15, -0.1) is 0 Å². The normalized spacial score (nSPS) is 18.8. The SMILES string of the molecule is CCNC(=O)C1(c2ccccc2)CCN(S(=O)(=O)CC)CC1. The van der Waals surface area contributed by atoms with E-state index in [9.17, 15) is 13.2 Å². The Hall–Kier alpha value is -1.40. The Labute approximate surface area is 132 Å². The average molecular weight is 324 g/mol. The molecule has 0 bridgehead atoms. The van der Waals surface area contributed by atoms with E-state index < -0.39 is 15.4 Å². The van der Waals surface area contributed by atoms with E-state index in [4.69, 9.17) is 0 Å². The molecule has 5 nitrogen and oxygen atoms in total. The zero-order valence-corrected chi connectivity index (χ0v) is 14.0. The highest BCUT2D eigenvalue weighted by atomic mass is 32.2. The summed E-state index contributed by atoms with van der Waals surface area (Å²) in [5, 5.41) is 2.92. The van der Waals surface area contributed by atoms with Gasteiger partial charge in [0.05, 0.1) is 11.2 Å². The molecule has 1 saturated heterocycles. The van der Waals surface area contributed by atoms with Crippen LogP contribution in [0.25, 0.3) is 0 Å². The van der Waals surface area contributed by atoms with E-state index in [2.05, 4.69) is 5.32 Å². The molecule has 0 radical (unpaired) electrons. The third kappa shape index (κ3) is 3.17. The zero-order valence-electron chi connectivity index (χ0n) is 13.2. The summed E-state index contributed by atoms with van der Waals surface area (Å²) in [6, 6.07) is 9.68. The number of carbonyl (C=O) groups is 1. The van der Waals surface area contributed by atoms with Crippen molar-refractivity contribution in [2.75, 3.05) is 25.4 Å². The van der Waals surface area contributed by atoms with E-state index >= 15 is 0 Å². The fourth-order valence-electron chi connectivity index (χ4n) is 3.06. The molecule has 122 valence electrons. The van der Waals surface area contributed by atoms with Gasteiger partial charge in [0.2, 0.25) is 15.9 Å². The predicted octanol–water partition coefficient (Wildman–Crippen LogP) is 1.51. The summed E-state index contributed by atoms with van der Waals surface area (Å²) in [5.41, 5.74) is 0.339. The molecule has 1 fully saturated rings. The van der Waals surface area contributed by atoms with Crippen LogP contribution in [0.3, 0.4) is 0 Å². The Morgan fingerprint density at radius 3 is 2.27 bits per heavy atom. The summed E-state index contributed by atoms with van der Waals surface area (Å²) in [5.74, 6) is 0.0988. The standard InChI is InChI=1S/C16H24N2O3S/c1-3-17-15(19)16(14-8-6-5-7-9-14)10-12-18(13-11-16)22(20,21)4-2/h5-9H,3-4,10-13H2,1-2H3,(H,17,19). The second kappa shape index (κ2) is 6.79. The first kappa shape index (κ1) is 17.0. The summed E-state index contributed by atoms with van der Waals surface area (Å²) in [7, 11) is -3.19. The number of amides is 1. The van der Waals surface area contributed by atoms with E-state index in [1.54, 1.807) is 6.92 Å². The van der Waals surface area contributed by atoms with E-state index in [-0.39, 0.29) is 11.7 Å². The lowest BCUT2D eigenvalue weighted by Gasteiger charge is -2.40. The molecule has 0 atom stereocenters. The monoisotopic (exact) mass is 324 g/mol. The number of nitrogens with zero attached hydrogens (tertiary/aromatic N) is 1. The van der Waals surface area contributed by atoms with Crippen molar-refractivity contribution in [1.29, 1.82) is 0 Å². The molecule has 0 unspecified atom stereocenters. The largest absolute Gasteiger partial charge is 0.356 e. The number of benzene rings is 1. The third-order valence-corrected chi connectivity index (χ3v) is 6.31. The molecule has 6 heteroatoms. The van der Waals surface area contributed by atoms with Crippen molar-refractivity contribution in [3.05, 3.63) is 35.9 Å². The summed E-state index contributed by atoms with van der Waals surface area (Å²) in [4.78, 5) is 12.7. The van der Waals surface area contributed by atoms with Crippen molar-refractivity contribution in [3.63, 3.8) is 0 Å². The lowest BCUT2D eigenvalue weighted by molar-refractivity contribution is -0.128. The van der Waals surface area contributed by atoms with Gasteiger partial charge in [-0.3, -0.25) is 4.79 Å². The van der Waals surface area contributed by atoms with Crippen molar-refractivity contribution < 1.29 is 13.2 Å². The number of hydrogen-bond donors (Lipinski definition) is 1. The molecule has 1 aromatic carbocycles. The van der Waals surface area contributed by atoms with Gasteiger partial charge in [0.15, 0.2) is 0 Å². The molecule has 0 aromatic heterocycles. The van der Waals surface area contributed by atoms with Gasteiger partial charge in [0, 0.05) is 19.6 Å². The Bertz CT molecular complexity index is 606. The van der Waals surface area contributed by atoms with Gasteiger partial charge in [-0.1, -0.05) is 30.3 Å². The van der Waals surface area contributed by atoms with Crippen LogP contribution in [0.2, 0.25) is 0 Å². The first-order valence-electron chi connectivity index (χ1n) is 7.78. The van der Waals surface area contributed by atoms with Crippen molar-refractivity contribution >= 4 is 15.9 Å². The number of rotatable bonds is 5. The topological polar surface area (TPSA) is 66.5 Å². The molecule has 1 aliphatic heterocycles. The van der Waals surface area contributed by atoms with E-state index in [1.807, 2.05) is 37.3 Å². The maximum atomic E-state index is 12.7. The van der Waals surface area contributed by atoms with Crippen LogP contribution in [0.5, 0.6) is 0 Å². The van der Waals surface area contributed by atoms with Crippen LogP contribution in [-0.4, -0.2) is 44.0 Å². The number of sulfonamides is 1. The van der Waals surface area contributed by atoms with Gasteiger partial charge in [0.25, 0.3) is 0 Å². The number of piperidine rings is 1. The van der Waals surface area contributed by atoms with Crippen LogP contribution in [0.4, 0.5) is 0 Å². The quantitative estimate of drug-likeness (QED) is 0.893. The molecule has 22 heavy (non-hydrogen) atoms. The number of hydrogen-bond acceptors (Lipinski definition) is 3. The van der Waals surface area contributed by atoms with E-state index in [0.29, 0.717) is 32.5 Å². The minimum Gasteiger partial charge on any atom is -0.356 e. The summed E-state index contributed by atoms with van der Waals surface area (Å²) < 4.78 is 25.6. The first-order valence-corrected chi connectivity index (χ1v) is 9.39. The number of nitrogens with one attached hydrogen (secondary N) is 1. The third-order valence-electron chi connectivity index (χ3n) is 4.43. The zero-order chi connectivity index (χ0) is 16.2. The van der Waals surface area contributed by atoms with Crippen molar-refractivity contribution in [3.8, 4) is 0 Å². The Kier molecular flexibility index (Phi) is 5.24.